The van der Waals surface area contributed by atoms with Crippen LogP contribution in [0.15, 0.2) is 41.3 Å². The summed E-state index contributed by atoms with van der Waals surface area (Å²) in [5.41, 5.74) is 0.663. The molecule has 1 aromatic carbocycles. The van der Waals surface area contributed by atoms with Crippen molar-refractivity contribution in [2.24, 2.45) is 0 Å². The highest BCUT2D eigenvalue weighted by Gasteiger charge is 2.25. The van der Waals surface area contributed by atoms with Crippen molar-refractivity contribution in [3.05, 3.63) is 47.8 Å². The van der Waals surface area contributed by atoms with Crippen molar-refractivity contribution in [3.63, 3.8) is 0 Å². The van der Waals surface area contributed by atoms with E-state index < -0.39 is 6.10 Å². The number of nitrogens with zero attached hydrogens (tertiary/aromatic N) is 3. The van der Waals surface area contributed by atoms with E-state index in [4.69, 9.17) is 20.8 Å². The van der Waals surface area contributed by atoms with Crippen LogP contribution >= 0.6 is 11.6 Å². The van der Waals surface area contributed by atoms with Gasteiger partial charge in [-0.3, -0.25) is 4.79 Å². The second kappa shape index (κ2) is 9.50. The minimum absolute atomic E-state index is 0.0383. The molecule has 1 aromatic heterocycles. The summed E-state index contributed by atoms with van der Waals surface area (Å²) in [6.45, 7) is 9.91. The van der Waals surface area contributed by atoms with E-state index in [1.165, 1.54) is 0 Å². The molecule has 0 aliphatic rings. The van der Waals surface area contributed by atoms with E-state index in [-0.39, 0.29) is 18.5 Å². The molecule has 26 heavy (non-hydrogen) atoms. The number of carbonyl (C=O) groups is 1. The molecule has 0 saturated heterocycles. The van der Waals surface area contributed by atoms with Gasteiger partial charge in [-0.2, -0.15) is 0 Å². The third kappa shape index (κ3) is 5.16. The Labute approximate surface area is 158 Å². The van der Waals surface area contributed by atoms with Gasteiger partial charge in [0, 0.05) is 6.04 Å². The molecule has 1 heterocycles. The maximum Gasteiger partial charge on any atom is 0.252 e. The highest BCUT2D eigenvalue weighted by Crippen LogP contribution is 2.26. The van der Waals surface area contributed by atoms with Crippen molar-refractivity contribution >= 4 is 17.5 Å². The first-order valence-electron chi connectivity index (χ1n) is 8.54. The third-order valence-electron chi connectivity index (χ3n) is 3.82. The minimum atomic E-state index is -0.552. The van der Waals surface area contributed by atoms with E-state index in [0.717, 1.165) is 0 Å². The first-order chi connectivity index (χ1) is 12.4. The lowest BCUT2D eigenvalue weighted by atomic mass is 10.2. The molecule has 0 aliphatic carbocycles. The summed E-state index contributed by atoms with van der Waals surface area (Å²) < 4.78 is 11.3. The second-order valence-corrected chi connectivity index (χ2v) is 6.54. The average Bonchev–Trinajstić information content (AvgIpc) is 3.07. The largest absolute Gasteiger partial charge is 0.419 e. The van der Waals surface area contributed by atoms with Gasteiger partial charge in [-0.1, -0.05) is 29.8 Å². The van der Waals surface area contributed by atoms with Gasteiger partial charge in [0.25, 0.3) is 5.91 Å². The molecule has 0 saturated carbocycles. The zero-order chi connectivity index (χ0) is 19.1. The number of rotatable bonds is 9. The Morgan fingerprint density at radius 2 is 2.08 bits per heavy atom. The smallest absolute Gasteiger partial charge is 0.252 e. The summed E-state index contributed by atoms with van der Waals surface area (Å²) in [5, 5.41) is 8.62. The van der Waals surface area contributed by atoms with E-state index >= 15 is 0 Å². The lowest BCUT2D eigenvalue weighted by Gasteiger charge is -2.28. The molecular weight excluding hydrogens is 354 g/mol. The maximum absolute atomic E-state index is 12.7. The van der Waals surface area contributed by atoms with Crippen LogP contribution in [0.25, 0.3) is 11.5 Å². The lowest BCUT2D eigenvalue weighted by Crippen LogP contribution is -2.42. The van der Waals surface area contributed by atoms with Crippen LogP contribution in [0.1, 0.15) is 33.1 Å². The quantitative estimate of drug-likeness (QED) is 0.486. The number of benzene rings is 1. The molecule has 140 valence electrons. The highest BCUT2D eigenvalue weighted by atomic mass is 35.5. The zero-order valence-corrected chi connectivity index (χ0v) is 16.1. The van der Waals surface area contributed by atoms with Crippen LogP contribution in [0.2, 0.25) is 5.02 Å². The van der Waals surface area contributed by atoms with Crippen molar-refractivity contribution < 1.29 is 13.9 Å². The molecule has 0 radical (unpaired) electrons. The van der Waals surface area contributed by atoms with Crippen molar-refractivity contribution in [2.75, 3.05) is 6.61 Å². The SMILES string of the molecule is C=CCCOC(C)C(=O)N(Cc1nnc(-c2ccccc2Cl)o1)C(C)C. The van der Waals surface area contributed by atoms with Crippen LogP contribution in [0, 0.1) is 0 Å². The lowest BCUT2D eigenvalue weighted by molar-refractivity contribution is -0.145. The third-order valence-corrected chi connectivity index (χ3v) is 4.15. The fraction of sp³-hybridized carbons (Fsp3) is 0.421. The summed E-state index contributed by atoms with van der Waals surface area (Å²) in [7, 11) is 0. The predicted molar refractivity (Wildman–Crippen MR) is 101 cm³/mol. The molecule has 2 aromatic rings. The van der Waals surface area contributed by atoms with E-state index in [0.29, 0.717) is 35.4 Å². The molecule has 0 N–H and O–H groups in total. The van der Waals surface area contributed by atoms with E-state index in [1.54, 1.807) is 30.0 Å². The maximum atomic E-state index is 12.7. The Morgan fingerprint density at radius 3 is 2.73 bits per heavy atom. The van der Waals surface area contributed by atoms with Gasteiger partial charge in [0.1, 0.15) is 6.10 Å². The summed E-state index contributed by atoms with van der Waals surface area (Å²) in [4.78, 5) is 14.3. The normalized spacial score (nSPS) is 12.2. The van der Waals surface area contributed by atoms with Crippen LogP contribution in [-0.2, 0) is 16.1 Å². The van der Waals surface area contributed by atoms with Crippen LogP contribution in [0.4, 0.5) is 0 Å². The van der Waals surface area contributed by atoms with Gasteiger partial charge in [0.05, 0.1) is 23.7 Å². The number of hydrogen-bond donors (Lipinski definition) is 0. The molecule has 0 spiro atoms. The number of amides is 1. The minimum Gasteiger partial charge on any atom is -0.419 e. The number of aromatic nitrogens is 2. The molecular formula is C19H24ClN3O3. The molecule has 6 nitrogen and oxygen atoms in total. The molecule has 7 heteroatoms. The first-order valence-corrected chi connectivity index (χ1v) is 8.92. The van der Waals surface area contributed by atoms with Gasteiger partial charge < -0.3 is 14.1 Å². The van der Waals surface area contributed by atoms with Crippen molar-refractivity contribution in [2.45, 2.75) is 45.9 Å². The topological polar surface area (TPSA) is 68.5 Å². The van der Waals surface area contributed by atoms with E-state index in [1.807, 2.05) is 26.0 Å². The average molecular weight is 378 g/mol. The molecule has 1 atom stereocenters. The molecule has 2 rings (SSSR count). The van der Waals surface area contributed by atoms with Gasteiger partial charge in [0.15, 0.2) is 0 Å². The summed E-state index contributed by atoms with van der Waals surface area (Å²) in [6.07, 6.45) is 1.90. The van der Waals surface area contributed by atoms with Gasteiger partial charge in [0.2, 0.25) is 11.8 Å². The highest BCUT2D eigenvalue weighted by molar-refractivity contribution is 6.33. The molecule has 1 unspecified atom stereocenters. The standard InChI is InChI=1S/C19H24ClN3O3/c1-5-6-11-25-14(4)19(24)23(13(2)3)12-17-21-22-18(26-17)15-9-7-8-10-16(15)20/h5,7-10,13-14H,1,6,11-12H2,2-4H3. The summed E-state index contributed by atoms with van der Waals surface area (Å²) >= 11 is 6.16. The second-order valence-electron chi connectivity index (χ2n) is 6.13. The Morgan fingerprint density at radius 1 is 1.35 bits per heavy atom. The van der Waals surface area contributed by atoms with Gasteiger partial charge >= 0.3 is 0 Å². The van der Waals surface area contributed by atoms with Crippen LogP contribution < -0.4 is 0 Å². The summed E-state index contributed by atoms with van der Waals surface area (Å²) in [5.74, 6) is 0.554. The van der Waals surface area contributed by atoms with Crippen LogP contribution in [0.3, 0.4) is 0 Å². The van der Waals surface area contributed by atoms with Gasteiger partial charge in [-0.05, 0) is 39.3 Å². The number of halogens is 1. The Kier molecular flexibility index (Phi) is 7.36. The number of carbonyl (C=O) groups excluding carboxylic acids is 1. The van der Waals surface area contributed by atoms with Gasteiger partial charge in [-0.25, -0.2) is 0 Å². The predicted octanol–water partition coefficient (Wildman–Crippen LogP) is 4.11. The molecule has 0 fully saturated rings. The Bertz CT molecular complexity index is 745. The van der Waals surface area contributed by atoms with Crippen molar-refractivity contribution in [1.82, 2.24) is 15.1 Å². The first kappa shape index (κ1) is 20.1. The molecule has 0 aliphatic heterocycles. The van der Waals surface area contributed by atoms with Crippen molar-refractivity contribution in [1.29, 1.82) is 0 Å². The van der Waals surface area contributed by atoms with E-state index in [9.17, 15) is 4.79 Å². The molecule has 1 amide bonds. The van der Waals surface area contributed by atoms with Crippen LogP contribution in [-0.4, -0.2) is 39.8 Å². The monoisotopic (exact) mass is 377 g/mol. The fourth-order valence-corrected chi connectivity index (χ4v) is 2.57. The number of hydrogen-bond acceptors (Lipinski definition) is 5. The summed E-state index contributed by atoms with van der Waals surface area (Å²) in [6, 6.07) is 7.20. The Balaban J connectivity index is 2.09. The van der Waals surface area contributed by atoms with E-state index in [2.05, 4.69) is 16.8 Å². The van der Waals surface area contributed by atoms with Crippen LogP contribution in [0.5, 0.6) is 0 Å². The zero-order valence-electron chi connectivity index (χ0n) is 15.3. The van der Waals surface area contributed by atoms with Gasteiger partial charge in [-0.15, -0.1) is 16.8 Å². The number of ether oxygens (including phenoxy) is 1. The molecule has 0 bridgehead atoms. The fourth-order valence-electron chi connectivity index (χ4n) is 2.35. The van der Waals surface area contributed by atoms with Crippen molar-refractivity contribution in [3.8, 4) is 11.5 Å². The Hall–Kier alpha value is -2.18.